The third-order valence-corrected chi connectivity index (χ3v) is 17.9. The fraction of sp³-hybridized carbons (Fsp3) is 0.0610. The van der Waals surface area contributed by atoms with Gasteiger partial charge in [-0.05, 0) is 144 Å². The number of allylic oxidation sites excluding steroid dienone is 11. The average Bonchev–Trinajstić information content (AvgIpc) is 1.61. The van der Waals surface area contributed by atoms with Crippen molar-refractivity contribution in [1.82, 2.24) is 86.6 Å². The number of aldehydes is 1. The highest BCUT2D eigenvalue weighted by Gasteiger charge is 2.27. The van der Waals surface area contributed by atoms with Gasteiger partial charge in [-0.25, -0.2) is 9.98 Å². The number of aromatic amines is 1. The number of aryl methyl sites for hydroxylation is 1. The number of benzene rings is 8. The molecule has 3 aliphatic rings. The molecule has 1 aliphatic carbocycles. The SMILES string of the molecule is COc1ccc(-c2nnc(-c3ccc(/C(=C4\C=CC(C(=C5C=C/C(=C(C6=N/C(=C(\C)c7ccc(-c8nnc(-c9ccc(C=O)cc9)nn8)cc7)C=C6)\c6ccc(-c7nnc(-c8ccc(C)cc8)nn7)cc6)C/5)/c5ccc(-c6nnc(-c7ccc(OC)cc7)nn6)cc5)=N4)c4ccc[nH]4)cc3)nn2)cc1. The van der Waals surface area contributed by atoms with Gasteiger partial charge in [0.05, 0.1) is 37.0 Å². The molecule has 0 atom stereocenters. The van der Waals surface area contributed by atoms with Gasteiger partial charge >= 0.3 is 0 Å². The van der Waals surface area contributed by atoms with E-state index in [1.807, 2.05) is 171 Å². The van der Waals surface area contributed by atoms with E-state index in [1.165, 1.54) is 0 Å². The Bertz CT molecular complexity index is 5680. The smallest absolute Gasteiger partial charge is 0.203 e. The monoisotopic (exact) mass is 1360 g/mol. The second kappa shape index (κ2) is 28.4. The van der Waals surface area contributed by atoms with E-state index in [-0.39, 0.29) is 0 Å². The van der Waals surface area contributed by atoms with Gasteiger partial charge in [0.25, 0.3) is 0 Å². The molecule has 8 aromatic carbocycles. The van der Waals surface area contributed by atoms with Gasteiger partial charge < -0.3 is 14.5 Å². The lowest BCUT2D eigenvalue weighted by Crippen LogP contribution is -2.03. The van der Waals surface area contributed by atoms with Crippen molar-refractivity contribution in [1.29, 1.82) is 0 Å². The quantitative estimate of drug-likeness (QED) is 0.0781. The molecule has 0 fully saturated rings. The molecule has 0 bridgehead atoms. The topological polar surface area (TPSA) is 282 Å². The molecule has 498 valence electrons. The van der Waals surface area contributed by atoms with Gasteiger partial charge in [-0.1, -0.05) is 163 Å². The molecular weight excluding hydrogens is 1300 g/mol. The van der Waals surface area contributed by atoms with Gasteiger partial charge in [0.1, 0.15) is 17.8 Å². The number of H-pyrrole nitrogens is 1. The van der Waals surface area contributed by atoms with Crippen molar-refractivity contribution in [3.05, 3.63) is 311 Å². The Morgan fingerprint density at radius 3 is 0.990 bits per heavy atom. The normalized spacial score (nSPS) is 15.0. The van der Waals surface area contributed by atoms with Gasteiger partial charge in [-0.2, -0.15) is 0 Å². The molecule has 22 heteroatoms. The Morgan fingerprint density at radius 2 is 0.654 bits per heavy atom. The van der Waals surface area contributed by atoms with Gasteiger partial charge in [0.15, 0.2) is 0 Å². The number of methoxy groups -OCH3 is 2. The first-order valence-electron chi connectivity index (χ1n) is 33.1. The maximum Gasteiger partial charge on any atom is 0.203 e. The molecule has 1 N–H and O–H groups in total. The van der Waals surface area contributed by atoms with Crippen molar-refractivity contribution in [2.24, 2.45) is 9.98 Å². The minimum absolute atomic E-state index is 0.355. The fourth-order valence-electron chi connectivity index (χ4n) is 12.3. The lowest BCUT2D eigenvalue weighted by molar-refractivity contribution is 0.112. The third-order valence-electron chi connectivity index (χ3n) is 17.9. The lowest BCUT2D eigenvalue weighted by Gasteiger charge is -2.14. The highest BCUT2D eigenvalue weighted by Crippen LogP contribution is 2.41. The van der Waals surface area contributed by atoms with Crippen molar-refractivity contribution in [2.45, 2.75) is 20.3 Å². The maximum absolute atomic E-state index is 11.2. The molecule has 0 radical (unpaired) electrons. The highest BCUT2D eigenvalue weighted by molar-refractivity contribution is 6.34. The van der Waals surface area contributed by atoms with Gasteiger partial charge in [0, 0.05) is 78.7 Å². The molecule has 7 heterocycles. The average molecular weight is 1360 g/mol. The summed E-state index contributed by atoms with van der Waals surface area (Å²) in [5, 5.41) is 71.2. The van der Waals surface area contributed by atoms with Crippen LogP contribution in [-0.2, 0) is 0 Å². The first-order valence-corrected chi connectivity index (χ1v) is 33.1. The van der Waals surface area contributed by atoms with E-state index in [1.54, 1.807) is 38.5 Å². The van der Waals surface area contributed by atoms with Crippen molar-refractivity contribution in [2.75, 3.05) is 14.2 Å². The van der Waals surface area contributed by atoms with Crippen LogP contribution in [0.1, 0.15) is 57.2 Å². The Hall–Kier alpha value is -14.4. The third kappa shape index (κ3) is 13.4. The summed E-state index contributed by atoms with van der Waals surface area (Å²) in [6, 6.07) is 65.9. The van der Waals surface area contributed by atoms with Crippen LogP contribution < -0.4 is 9.47 Å². The van der Waals surface area contributed by atoms with Crippen LogP contribution in [0.2, 0.25) is 0 Å². The number of hydrogen-bond donors (Lipinski definition) is 1. The first kappa shape index (κ1) is 64.3. The van der Waals surface area contributed by atoms with Crippen LogP contribution in [0.3, 0.4) is 0 Å². The molecule has 2 aliphatic heterocycles. The van der Waals surface area contributed by atoms with Gasteiger partial charge in [0.2, 0.25) is 46.6 Å². The van der Waals surface area contributed by atoms with Crippen molar-refractivity contribution in [3.63, 3.8) is 0 Å². The summed E-state index contributed by atoms with van der Waals surface area (Å²) in [6.07, 6.45) is 15.8. The summed E-state index contributed by atoms with van der Waals surface area (Å²) in [5.41, 5.74) is 21.1. The van der Waals surface area contributed by atoms with Crippen LogP contribution >= 0.6 is 0 Å². The Morgan fingerprint density at radius 1 is 0.346 bits per heavy atom. The van der Waals surface area contributed by atoms with E-state index in [2.05, 4.69) is 154 Å². The zero-order valence-corrected chi connectivity index (χ0v) is 56.2. The van der Waals surface area contributed by atoms with Crippen molar-refractivity contribution < 1.29 is 14.3 Å². The summed E-state index contributed by atoms with van der Waals surface area (Å²) in [4.78, 5) is 25.7. The van der Waals surface area contributed by atoms with Crippen LogP contribution in [0.25, 0.3) is 113 Å². The molecule has 5 aromatic heterocycles. The summed E-state index contributed by atoms with van der Waals surface area (Å²) in [7, 11) is 3.25. The number of carbonyl (C=O) groups is 1. The molecule has 0 saturated heterocycles. The van der Waals surface area contributed by atoms with Crippen LogP contribution in [0.4, 0.5) is 0 Å². The molecular formula is C82H57N19O3. The number of ether oxygens (including phenoxy) is 2. The predicted molar refractivity (Wildman–Crippen MR) is 397 cm³/mol. The Balaban J connectivity index is 0.765. The van der Waals surface area contributed by atoms with E-state index in [4.69, 9.17) is 19.5 Å². The van der Waals surface area contributed by atoms with Gasteiger partial charge in [-0.15, -0.1) is 81.6 Å². The lowest BCUT2D eigenvalue weighted by atomic mass is 9.91. The number of rotatable bonds is 18. The number of nitrogens with zero attached hydrogens (tertiary/aromatic N) is 18. The Labute approximate surface area is 595 Å². The molecule has 0 spiro atoms. The second-order valence-electron chi connectivity index (χ2n) is 24.4. The van der Waals surface area contributed by atoms with Gasteiger partial charge in [-0.3, -0.25) is 4.79 Å². The molecule has 104 heavy (non-hydrogen) atoms. The molecule has 16 rings (SSSR count). The zero-order chi connectivity index (χ0) is 70.5. The molecule has 22 nitrogen and oxygen atoms in total. The highest BCUT2D eigenvalue weighted by atomic mass is 16.5. The molecule has 0 amide bonds. The van der Waals surface area contributed by atoms with Crippen LogP contribution in [-0.4, -0.2) is 118 Å². The second-order valence-corrected chi connectivity index (χ2v) is 24.4. The summed E-state index contributed by atoms with van der Waals surface area (Å²) in [6.45, 7) is 4.10. The number of hydrogen-bond acceptors (Lipinski definition) is 21. The van der Waals surface area contributed by atoms with Crippen molar-refractivity contribution >= 4 is 40.0 Å². The maximum atomic E-state index is 11.2. The van der Waals surface area contributed by atoms with Crippen LogP contribution in [0, 0.1) is 6.92 Å². The number of carbonyl (C=O) groups excluding carboxylic acids is 1. The van der Waals surface area contributed by atoms with Crippen LogP contribution in [0.5, 0.6) is 11.5 Å². The minimum atomic E-state index is 0.355. The van der Waals surface area contributed by atoms with E-state index in [9.17, 15) is 4.79 Å². The van der Waals surface area contributed by atoms with Crippen molar-refractivity contribution in [3.8, 4) is 103 Å². The zero-order valence-electron chi connectivity index (χ0n) is 56.2. The van der Waals surface area contributed by atoms with E-state index < -0.39 is 0 Å². The minimum Gasteiger partial charge on any atom is -0.497 e. The largest absolute Gasteiger partial charge is 0.497 e. The van der Waals surface area contributed by atoms with E-state index in [0.717, 1.165) is 146 Å². The summed E-state index contributed by atoms with van der Waals surface area (Å²) in [5.74, 6) is 4.56. The number of nitrogens with one attached hydrogen (secondary N) is 1. The number of aromatic nitrogens is 17. The fourth-order valence-corrected chi connectivity index (χ4v) is 12.3. The van der Waals surface area contributed by atoms with E-state index in [0.29, 0.717) is 64.1 Å². The molecule has 13 aromatic rings. The van der Waals surface area contributed by atoms with E-state index >= 15 is 0 Å². The summed E-state index contributed by atoms with van der Waals surface area (Å²) < 4.78 is 10.7. The first-order chi connectivity index (χ1) is 51.1. The summed E-state index contributed by atoms with van der Waals surface area (Å²) >= 11 is 0. The number of aliphatic imine (C=N–C) groups is 2. The standard InChI is InChI=1S/C82H57N19O3/c1-48-7-11-55(12-8-48)75-86-92-78(93-87-75)58-25-17-52(18-26-58)72(69-42-41-67(84-69)49(2)51-15-23-57(24-16-51)77-90-88-76(89-91-77)56-13-9-50(47-102)10-14-56)63-31-32-64(46-63)73(53-19-27-59(28-20-53)79-94-98-81(99-95-79)61-33-37-65(103-3)38-34-61)70-43-44-71(85-70)74(68-6-5-45-83-68)54-21-29-60(30-22-54)80-96-100-82(101-97-80)62-35-39-66(104-4)40-36-62/h5-45,47,83H,46H2,1-4H3/b67-49+,72-63-,73-64-,74-71-. The van der Waals surface area contributed by atoms with Crippen LogP contribution in [0.15, 0.2) is 281 Å². The molecule has 0 unspecified atom stereocenters. The molecule has 0 saturated carbocycles. The predicted octanol–water partition coefficient (Wildman–Crippen LogP) is 14.9. The Kier molecular flexibility index (Phi) is 17.6.